The summed E-state index contributed by atoms with van der Waals surface area (Å²) in [5.41, 5.74) is 2.33. The molecule has 0 saturated carbocycles. The van der Waals surface area contributed by atoms with E-state index < -0.39 is 9.84 Å². The van der Waals surface area contributed by atoms with Crippen LogP contribution in [0.25, 0.3) is 0 Å². The zero-order chi connectivity index (χ0) is 21.8. The van der Waals surface area contributed by atoms with Gasteiger partial charge >= 0.3 is 0 Å². The Labute approximate surface area is 185 Å². The van der Waals surface area contributed by atoms with E-state index in [0.29, 0.717) is 23.3 Å². The second-order valence-corrected chi connectivity index (χ2v) is 9.98. The van der Waals surface area contributed by atoms with Gasteiger partial charge in [-0.25, -0.2) is 8.42 Å². The van der Waals surface area contributed by atoms with Crippen molar-refractivity contribution in [2.45, 2.75) is 36.1 Å². The van der Waals surface area contributed by atoms with E-state index in [1.54, 1.807) is 36.4 Å². The van der Waals surface area contributed by atoms with E-state index in [1.165, 1.54) is 5.57 Å². The number of fused-ring (bicyclic) bond motifs is 1. The summed E-state index contributed by atoms with van der Waals surface area (Å²) < 4.78 is 31.9. The number of ether oxygens (including phenoxy) is 1. The minimum Gasteiger partial charge on any atom is -0.490 e. The molecule has 4 rings (SSSR count). The van der Waals surface area contributed by atoms with E-state index in [9.17, 15) is 8.42 Å². The van der Waals surface area contributed by atoms with Crippen molar-refractivity contribution in [2.24, 2.45) is 0 Å². The maximum Gasteiger partial charge on any atom is 0.206 e. The minimum absolute atomic E-state index is 0.274. The van der Waals surface area contributed by atoms with Crippen molar-refractivity contribution in [3.05, 3.63) is 72.3 Å². The van der Waals surface area contributed by atoms with Crippen LogP contribution >= 0.6 is 0 Å². The first-order valence-corrected chi connectivity index (χ1v) is 12.3. The first-order valence-electron chi connectivity index (χ1n) is 10.9. The lowest BCUT2D eigenvalue weighted by Crippen LogP contribution is -2.42. The van der Waals surface area contributed by atoms with Crippen LogP contribution < -0.4 is 9.64 Å². The van der Waals surface area contributed by atoms with Gasteiger partial charge < -0.3 is 9.64 Å². The first kappa shape index (κ1) is 21.7. The van der Waals surface area contributed by atoms with Crippen LogP contribution in [0.4, 0.5) is 5.69 Å². The van der Waals surface area contributed by atoms with Crippen molar-refractivity contribution in [3.8, 4) is 5.75 Å². The summed E-state index contributed by atoms with van der Waals surface area (Å²) in [4.78, 5) is 5.46. The molecule has 6 heteroatoms. The van der Waals surface area contributed by atoms with Crippen molar-refractivity contribution in [1.82, 2.24) is 4.90 Å². The molecule has 1 atom stereocenters. The number of hydrogen-bond donors (Lipinski definition) is 0. The molecule has 2 aliphatic rings. The summed E-state index contributed by atoms with van der Waals surface area (Å²) >= 11 is 0. The zero-order valence-corrected chi connectivity index (χ0v) is 19.0. The number of hydrogen-bond acceptors (Lipinski definition) is 5. The van der Waals surface area contributed by atoms with Crippen LogP contribution in [0.2, 0.25) is 0 Å². The van der Waals surface area contributed by atoms with E-state index in [2.05, 4.69) is 35.0 Å². The molecule has 0 aromatic heterocycles. The number of benzene rings is 2. The average Bonchev–Trinajstić information content (AvgIpc) is 3.27. The van der Waals surface area contributed by atoms with E-state index in [0.717, 1.165) is 38.3 Å². The van der Waals surface area contributed by atoms with E-state index in [1.807, 2.05) is 19.1 Å². The fourth-order valence-electron chi connectivity index (χ4n) is 4.43. The van der Waals surface area contributed by atoms with Crippen LogP contribution in [0.15, 0.2) is 82.1 Å². The molecule has 5 nitrogen and oxygen atoms in total. The summed E-state index contributed by atoms with van der Waals surface area (Å²) in [5, 5.41) is 0. The Hall–Kier alpha value is -2.57. The normalized spacial score (nSPS) is 20.1. The second kappa shape index (κ2) is 9.28. The predicted octanol–water partition coefficient (Wildman–Crippen LogP) is 4.31. The molecule has 31 heavy (non-hydrogen) atoms. The molecule has 0 bridgehead atoms. The van der Waals surface area contributed by atoms with Gasteiger partial charge in [-0.3, -0.25) is 4.90 Å². The van der Waals surface area contributed by atoms with Crippen molar-refractivity contribution < 1.29 is 13.2 Å². The first-order chi connectivity index (χ1) is 15.0. The number of allylic oxidation sites excluding steroid dienone is 2. The van der Waals surface area contributed by atoms with Gasteiger partial charge in [0, 0.05) is 31.7 Å². The monoisotopic (exact) mass is 438 g/mol. The van der Waals surface area contributed by atoms with Gasteiger partial charge in [0.25, 0.3) is 0 Å². The highest BCUT2D eigenvalue weighted by Gasteiger charge is 2.32. The summed E-state index contributed by atoms with van der Waals surface area (Å²) in [6.07, 6.45) is 7.52. The Morgan fingerprint density at radius 3 is 2.65 bits per heavy atom. The Bertz CT molecular complexity index is 1080. The maximum absolute atomic E-state index is 13.0. The van der Waals surface area contributed by atoms with Crippen LogP contribution in [-0.4, -0.2) is 52.1 Å². The molecule has 2 heterocycles. The van der Waals surface area contributed by atoms with Gasteiger partial charge in [-0.15, -0.1) is 0 Å². The van der Waals surface area contributed by atoms with Gasteiger partial charge in [-0.05, 0) is 50.1 Å². The molecular weight excluding hydrogens is 408 g/mol. The molecule has 0 spiro atoms. The largest absolute Gasteiger partial charge is 0.490 e. The van der Waals surface area contributed by atoms with Gasteiger partial charge in [0.15, 0.2) is 0 Å². The third-order valence-electron chi connectivity index (χ3n) is 6.04. The molecule has 2 aliphatic heterocycles. The average molecular weight is 439 g/mol. The molecule has 0 radical (unpaired) electrons. The molecule has 164 valence electrons. The highest BCUT2D eigenvalue weighted by molar-refractivity contribution is 7.91. The van der Waals surface area contributed by atoms with Gasteiger partial charge in [0.2, 0.25) is 9.84 Å². The van der Waals surface area contributed by atoms with E-state index in [4.69, 9.17) is 4.74 Å². The molecule has 2 aromatic rings. The SMILES string of the molecule is C/C=C\C(=C/C)CN1CCC(N2CCOc3cc(S(=O)(=O)c4ccccc4)ccc32)C1. The van der Waals surface area contributed by atoms with Gasteiger partial charge in [-0.2, -0.15) is 0 Å². The number of rotatable bonds is 6. The summed E-state index contributed by atoms with van der Waals surface area (Å²) in [5.74, 6) is 0.657. The predicted molar refractivity (Wildman–Crippen MR) is 125 cm³/mol. The lowest BCUT2D eigenvalue weighted by molar-refractivity contribution is 0.296. The van der Waals surface area contributed by atoms with E-state index in [-0.39, 0.29) is 4.90 Å². The fraction of sp³-hybridized carbons (Fsp3) is 0.360. The minimum atomic E-state index is -3.56. The quantitative estimate of drug-likeness (QED) is 0.629. The highest BCUT2D eigenvalue weighted by Crippen LogP contribution is 2.37. The van der Waals surface area contributed by atoms with Crippen LogP contribution in [0.3, 0.4) is 0 Å². The van der Waals surface area contributed by atoms with Crippen LogP contribution in [-0.2, 0) is 9.84 Å². The lowest BCUT2D eigenvalue weighted by atomic mass is 10.1. The second-order valence-electron chi connectivity index (χ2n) is 8.03. The van der Waals surface area contributed by atoms with Crippen LogP contribution in [0.1, 0.15) is 20.3 Å². The molecular formula is C25H30N2O3S. The van der Waals surface area contributed by atoms with Crippen molar-refractivity contribution in [1.29, 1.82) is 0 Å². The zero-order valence-electron chi connectivity index (χ0n) is 18.2. The van der Waals surface area contributed by atoms with Crippen LogP contribution in [0.5, 0.6) is 5.75 Å². The smallest absolute Gasteiger partial charge is 0.206 e. The standard InChI is InChI=1S/C25H30N2O3S/c1-3-8-20(4-2)18-26-14-13-21(19-26)27-15-16-30-25-17-23(11-12-24(25)27)31(28,29)22-9-6-5-7-10-22/h3-12,17,21H,13-16,18-19H2,1-2H3/b8-3-,20-4+. The van der Waals surface area contributed by atoms with Crippen LogP contribution in [0, 0.1) is 0 Å². The fourth-order valence-corrected chi connectivity index (χ4v) is 5.72. The molecule has 1 unspecified atom stereocenters. The van der Waals surface area contributed by atoms with Crippen molar-refractivity contribution >= 4 is 15.5 Å². The summed E-state index contributed by atoms with van der Waals surface area (Å²) in [6.45, 7) is 8.54. The third-order valence-corrected chi connectivity index (χ3v) is 7.81. The van der Waals surface area contributed by atoms with Gasteiger partial charge in [-0.1, -0.05) is 36.4 Å². The molecule has 1 saturated heterocycles. The topological polar surface area (TPSA) is 49.9 Å². The Balaban J connectivity index is 1.53. The molecule has 0 aliphatic carbocycles. The number of nitrogens with zero attached hydrogens (tertiary/aromatic N) is 2. The van der Waals surface area contributed by atoms with Gasteiger partial charge in [0.1, 0.15) is 12.4 Å². The third kappa shape index (κ3) is 4.55. The molecule has 0 amide bonds. The number of likely N-dealkylation sites (tertiary alicyclic amines) is 1. The molecule has 0 N–H and O–H groups in total. The highest BCUT2D eigenvalue weighted by atomic mass is 32.2. The molecule has 2 aromatic carbocycles. The summed E-state index contributed by atoms with van der Waals surface area (Å²) in [6, 6.07) is 14.3. The Morgan fingerprint density at radius 2 is 1.90 bits per heavy atom. The number of sulfone groups is 1. The maximum atomic E-state index is 13.0. The van der Waals surface area contributed by atoms with E-state index >= 15 is 0 Å². The Morgan fingerprint density at radius 1 is 1.10 bits per heavy atom. The molecule has 1 fully saturated rings. The van der Waals surface area contributed by atoms with Crippen molar-refractivity contribution in [3.63, 3.8) is 0 Å². The summed E-state index contributed by atoms with van der Waals surface area (Å²) in [7, 11) is -3.56. The Kier molecular flexibility index (Phi) is 6.49. The number of anilines is 1. The van der Waals surface area contributed by atoms with Crippen molar-refractivity contribution in [2.75, 3.05) is 37.7 Å². The lowest BCUT2D eigenvalue weighted by Gasteiger charge is -2.36. The van der Waals surface area contributed by atoms with Gasteiger partial charge in [0.05, 0.1) is 22.0 Å².